The van der Waals surface area contributed by atoms with Gasteiger partial charge in [-0.2, -0.15) is 0 Å². The van der Waals surface area contributed by atoms with Crippen LogP contribution in [0.1, 0.15) is 4.88 Å². The van der Waals surface area contributed by atoms with Crippen molar-refractivity contribution in [1.29, 1.82) is 0 Å². The number of thiophene rings is 1. The van der Waals surface area contributed by atoms with Crippen LogP contribution in [0.15, 0.2) is 24.4 Å². The zero-order chi connectivity index (χ0) is 11.1. The maximum absolute atomic E-state index is 6.00. The molecular formula is C11H7ClN2S2. The average Bonchev–Trinajstić information content (AvgIpc) is 2.84. The molecule has 0 aliphatic heterocycles. The summed E-state index contributed by atoms with van der Waals surface area (Å²) in [7, 11) is 0. The van der Waals surface area contributed by atoms with Gasteiger partial charge in [-0.15, -0.1) is 22.7 Å². The van der Waals surface area contributed by atoms with E-state index in [0.717, 1.165) is 15.2 Å². The van der Waals surface area contributed by atoms with E-state index in [0.29, 0.717) is 5.15 Å². The quantitative estimate of drug-likeness (QED) is 0.611. The maximum Gasteiger partial charge on any atom is 0.156 e. The van der Waals surface area contributed by atoms with Gasteiger partial charge in [0.15, 0.2) is 5.15 Å². The highest BCUT2D eigenvalue weighted by Crippen LogP contribution is 2.35. The first-order chi connectivity index (χ1) is 7.74. The van der Waals surface area contributed by atoms with E-state index in [4.69, 9.17) is 11.6 Å². The number of fused-ring (bicyclic) bond motifs is 1. The van der Waals surface area contributed by atoms with Crippen molar-refractivity contribution in [2.45, 2.75) is 6.92 Å². The van der Waals surface area contributed by atoms with Gasteiger partial charge in [-0.3, -0.25) is 0 Å². The van der Waals surface area contributed by atoms with Crippen molar-refractivity contribution in [3.8, 4) is 9.88 Å². The fraction of sp³-hybridized carbons (Fsp3) is 0.0909. The number of hydrogen-bond acceptors (Lipinski definition) is 4. The van der Waals surface area contributed by atoms with Crippen molar-refractivity contribution in [2.24, 2.45) is 0 Å². The Balaban J connectivity index is 2.22. The van der Waals surface area contributed by atoms with Gasteiger partial charge >= 0.3 is 0 Å². The molecule has 0 aliphatic carbocycles. The number of thiazole rings is 1. The van der Waals surface area contributed by atoms with Gasteiger partial charge in [-0.25, -0.2) is 9.97 Å². The first kappa shape index (κ1) is 10.2. The Morgan fingerprint density at radius 1 is 1.19 bits per heavy atom. The summed E-state index contributed by atoms with van der Waals surface area (Å²) >= 11 is 9.40. The van der Waals surface area contributed by atoms with Gasteiger partial charge in [0.2, 0.25) is 0 Å². The number of nitrogens with zero attached hydrogens (tertiary/aromatic N) is 2. The molecule has 3 rings (SSSR count). The lowest BCUT2D eigenvalue weighted by Gasteiger charge is -1.87. The fourth-order valence-electron chi connectivity index (χ4n) is 1.48. The van der Waals surface area contributed by atoms with Crippen LogP contribution >= 0.6 is 34.3 Å². The van der Waals surface area contributed by atoms with E-state index in [1.54, 1.807) is 28.9 Å². The highest BCUT2D eigenvalue weighted by atomic mass is 35.5. The summed E-state index contributed by atoms with van der Waals surface area (Å²) < 4.78 is 1.08. The molecule has 3 aromatic rings. The SMILES string of the molecule is Cc1ccc(-c2nc3c(Cl)nccc3s2)s1. The second kappa shape index (κ2) is 3.80. The third-order valence-electron chi connectivity index (χ3n) is 2.21. The van der Waals surface area contributed by atoms with Crippen molar-refractivity contribution in [3.05, 3.63) is 34.4 Å². The summed E-state index contributed by atoms with van der Waals surface area (Å²) in [6.45, 7) is 2.09. The predicted molar refractivity (Wildman–Crippen MR) is 70.5 cm³/mol. The third kappa shape index (κ3) is 1.63. The lowest BCUT2D eigenvalue weighted by molar-refractivity contribution is 1.34. The number of hydrogen-bond donors (Lipinski definition) is 0. The average molecular weight is 267 g/mol. The van der Waals surface area contributed by atoms with Gasteiger partial charge < -0.3 is 0 Å². The molecule has 0 unspecified atom stereocenters. The van der Waals surface area contributed by atoms with E-state index in [-0.39, 0.29) is 0 Å². The van der Waals surface area contributed by atoms with Crippen LogP contribution in [0.25, 0.3) is 20.1 Å². The van der Waals surface area contributed by atoms with Crippen LogP contribution in [0.5, 0.6) is 0 Å². The second-order valence-corrected chi connectivity index (χ2v) is 6.05. The van der Waals surface area contributed by atoms with E-state index in [1.165, 1.54) is 9.75 Å². The molecule has 0 saturated heterocycles. The number of halogens is 1. The van der Waals surface area contributed by atoms with Crippen LogP contribution in [0.3, 0.4) is 0 Å². The first-order valence-corrected chi connectivity index (χ1v) is 6.73. The Kier molecular flexibility index (Phi) is 2.42. The minimum absolute atomic E-state index is 0.480. The highest BCUT2D eigenvalue weighted by molar-refractivity contribution is 7.25. The van der Waals surface area contributed by atoms with Crippen LogP contribution in [0.2, 0.25) is 5.15 Å². The zero-order valence-electron chi connectivity index (χ0n) is 8.40. The molecule has 0 saturated carbocycles. The van der Waals surface area contributed by atoms with E-state index >= 15 is 0 Å². The summed E-state index contributed by atoms with van der Waals surface area (Å²) in [5.74, 6) is 0. The summed E-state index contributed by atoms with van der Waals surface area (Å²) in [6, 6.07) is 6.15. The minimum atomic E-state index is 0.480. The molecule has 0 amide bonds. The van der Waals surface area contributed by atoms with Gasteiger partial charge in [0.1, 0.15) is 10.5 Å². The minimum Gasteiger partial charge on any atom is -0.242 e. The molecule has 0 aliphatic rings. The molecule has 16 heavy (non-hydrogen) atoms. The Hall–Kier alpha value is -0.970. The predicted octanol–water partition coefficient (Wildman–Crippen LogP) is 4.38. The van der Waals surface area contributed by atoms with Gasteiger partial charge in [0.05, 0.1) is 9.58 Å². The molecule has 5 heteroatoms. The van der Waals surface area contributed by atoms with E-state index < -0.39 is 0 Å². The normalized spacial score (nSPS) is 11.1. The van der Waals surface area contributed by atoms with Gasteiger partial charge in [-0.1, -0.05) is 11.6 Å². The fourth-order valence-corrected chi connectivity index (χ4v) is 3.62. The Labute approximate surface area is 106 Å². The Morgan fingerprint density at radius 2 is 2.06 bits per heavy atom. The van der Waals surface area contributed by atoms with Crippen molar-refractivity contribution in [3.63, 3.8) is 0 Å². The molecule has 3 aromatic heterocycles. The molecule has 0 bridgehead atoms. The molecule has 0 N–H and O–H groups in total. The number of aromatic nitrogens is 2. The maximum atomic E-state index is 6.00. The van der Waals surface area contributed by atoms with E-state index in [2.05, 4.69) is 29.0 Å². The lowest BCUT2D eigenvalue weighted by atomic mass is 10.4. The van der Waals surface area contributed by atoms with Crippen LogP contribution in [-0.2, 0) is 0 Å². The summed E-state index contributed by atoms with van der Waals surface area (Å²) in [4.78, 5) is 11.0. The van der Waals surface area contributed by atoms with Crippen LogP contribution in [0.4, 0.5) is 0 Å². The molecule has 0 spiro atoms. The summed E-state index contributed by atoms with van der Waals surface area (Å²) in [5, 5.41) is 1.50. The van der Waals surface area contributed by atoms with Gasteiger partial charge in [0, 0.05) is 11.1 Å². The van der Waals surface area contributed by atoms with Crippen molar-refractivity contribution in [2.75, 3.05) is 0 Å². The molecular weight excluding hydrogens is 260 g/mol. The molecule has 2 nitrogen and oxygen atoms in total. The van der Waals surface area contributed by atoms with Gasteiger partial charge in [0.25, 0.3) is 0 Å². The highest BCUT2D eigenvalue weighted by Gasteiger charge is 2.10. The number of pyridine rings is 1. The molecule has 0 aromatic carbocycles. The van der Waals surface area contributed by atoms with Gasteiger partial charge in [-0.05, 0) is 25.1 Å². The van der Waals surface area contributed by atoms with E-state index in [1.807, 2.05) is 6.07 Å². The van der Waals surface area contributed by atoms with Crippen LogP contribution < -0.4 is 0 Å². The summed E-state index contributed by atoms with van der Waals surface area (Å²) in [6.07, 6.45) is 1.71. The van der Waals surface area contributed by atoms with Crippen molar-refractivity contribution < 1.29 is 0 Å². The third-order valence-corrected chi connectivity index (χ3v) is 4.68. The monoisotopic (exact) mass is 266 g/mol. The lowest BCUT2D eigenvalue weighted by Crippen LogP contribution is -1.75. The molecule has 3 heterocycles. The van der Waals surface area contributed by atoms with Crippen LogP contribution in [0, 0.1) is 6.92 Å². The molecule has 0 radical (unpaired) electrons. The molecule has 0 atom stereocenters. The van der Waals surface area contributed by atoms with Crippen molar-refractivity contribution >= 4 is 44.5 Å². The topological polar surface area (TPSA) is 25.8 Å². The molecule has 80 valence electrons. The largest absolute Gasteiger partial charge is 0.242 e. The van der Waals surface area contributed by atoms with Crippen LogP contribution in [-0.4, -0.2) is 9.97 Å². The standard InChI is InChI=1S/C11H7ClN2S2/c1-6-2-3-8(15-6)11-14-9-7(16-11)4-5-13-10(9)12/h2-5H,1H3. The number of rotatable bonds is 1. The first-order valence-electron chi connectivity index (χ1n) is 4.72. The zero-order valence-corrected chi connectivity index (χ0v) is 10.8. The smallest absolute Gasteiger partial charge is 0.156 e. The molecule has 0 fully saturated rings. The van der Waals surface area contributed by atoms with Crippen molar-refractivity contribution in [1.82, 2.24) is 9.97 Å². The Morgan fingerprint density at radius 3 is 2.75 bits per heavy atom. The second-order valence-electron chi connectivity index (χ2n) is 3.38. The number of aryl methyl sites for hydroxylation is 1. The Bertz CT molecular complexity index is 657. The van der Waals surface area contributed by atoms with E-state index in [9.17, 15) is 0 Å². The summed E-state index contributed by atoms with van der Waals surface area (Å²) in [5.41, 5.74) is 0.801.